The largest absolute Gasteiger partial charge is 0.398 e. The molecule has 0 aliphatic heterocycles. The fraction of sp³-hybridized carbons (Fsp3) is 0.0625. The lowest BCUT2D eigenvalue weighted by Gasteiger charge is -2.13. The van der Waals surface area contributed by atoms with Crippen molar-refractivity contribution < 1.29 is 0 Å². The molecule has 3 nitrogen and oxygen atoms in total. The van der Waals surface area contributed by atoms with Crippen molar-refractivity contribution in [3.05, 3.63) is 75.5 Å². The molecule has 2 aromatic carbocycles. The topological polar surface area (TPSA) is 48.0 Å². The number of pyridine rings is 1. The molecule has 0 atom stereocenters. The first-order chi connectivity index (χ1) is 9.66. The van der Waals surface area contributed by atoms with Gasteiger partial charge in [-0.3, -0.25) is 4.79 Å². The molecule has 0 spiro atoms. The van der Waals surface area contributed by atoms with E-state index in [1.54, 1.807) is 12.3 Å². The maximum absolute atomic E-state index is 11.9. The van der Waals surface area contributed by atoms with Crippen molar-refractivity contribution in [3.63, 3.8) is 0 Å². The summed E-state index contributed by atoms with van der Waals surface area (Å²) < 4.78 is 1.98. The Kier molecular flexibility index (Phi) is 3.20. The molecule has 0 bridgehead atoms. The van der Waals surface area contributed by atoms with Crippen molar-refractivity contribution in [1.29, 1.82) is 0 Å². The van der Waals surface area contributed by atoms with Gasteiger partial charge in [-0.1, -0.05) is 29.8 Å². The fourth-order valence-electron chi connectivity index (χ4n) is 2.31. The number of aromatic nitrogens is 1. The standard InChI is InChI=1S/C16H13ClN2O/c17-13-5-3-6-14(18)12(13)10-19-9-8-16(20)11-4-1-2-7-15(11)19/h1-9H,10,18H2. The summed E-state index contributed by atoms with van der Waals surface area (Å²) in [5.74, 6) is 0. The first-order valence-corrected chi connectivity index (χ1v) is 6.65. The van der Waals surface area contributed by atoms with E-state index in [9.17, 15) is 4.79 Å². The Balaban J connectivity index is 2.17. The Hall–Kier alpha value is -2.26. The van der Waals surface area contributed by atoms with Crippen molar-refractivity contribution in [2.45, 2.75) is 6.54 Å². The normalized spacial score (nSPS) is 10.8. The lowest BCUT2D eigenvalue weighted by Crippen LogP contribution is -2.10. The van der Waals surface area contributed by atoms with Crippen LogP contribution in [0.25, 0.3) is 10.9 Å². The van der Waals surface area contributed by atoms with E-state index in [-0.39, 0.29) is 5.43 Å². The van der Waals surface area contributed by atoms with Crippen LogP contribution in [0.15, 0.2) is 59.5 Å². The van der Waals surface area contributed by atoms with Gasteiger partial charge in [0.15, 0.2) is 5.43 Å². The summed E-state index contributed by atoms with van der Waals surface area (Å²) in [6.07, 6.45) is 1.77. The zero-order chi connectivity index (χ0) is 14.1. The highest BCUT2D eigenvalue weighted by Gasteiger charge is 2.07. The predicted molar refractivity (Wildman–Crippen MR) is 83.2 cm³/mol. The smallest absolute Gasteiger partial charge is 0.189 e. The molecule has 1 aromatic heterocycles. The monoisotopic (exact) mass is 284 g/mol. The highest BCUT2D eigenvalue weighted by molar-refractivity contribution is 6.31. The molecule has 3 aromatic rings. The van der Waals surface area contributed by atoms with E-state index >= 15 is 0 Å². The van der Waals surface area contributed by atoms with Gasteiger partial charge in [0, 0.05) is 33.9 Å². The summed E-state index contributed by atoms with van der Waals surface area (Å²) in [6.45, 7) is 0.534. The second-order valence-corrected chi connectivity index (χ2v) is 5.04. The van der Waals surface area contributed by atoms with E-state index in [4.69, 9.17) is 17.3 Å². The van der Waals surface area contributed by atoms with E-state index < -0.39 is 0 Å². The Morgan fingerprint density at radius 1 is 1.05 bits per heavy atom. The molecule has 0 saturated heterocycles. The number of benzene rings is 2. The van der Waals surface area contributed by atoms with Gasteiger partial charge in [0.05, 0.1) is 12.1 Å². The first-order valence-electron chi connectivity index (χ1n) is 6.28. The molecular formula is C16H13ClN2O. The van der Waals surface area contributed by atoms with Crippen LogP contribution in [0.1, 0.15) is 5.56 Å². The van der Waals surface area contributed by atoms with Crippen molar-refractivity contribution >= 4 is 28.2 Å². The Bertz CT molecular complexity index is 819. The van der Waals surface area contributed by atoms with Gasteiger partial charge in [0.2, 0.25) is 0 Å². The number of hydrogen-bond donors (Lipinski definition) is 1. The molecule has 2 N–H and O–H groups in total. The molecule has 0 fully saturated rings. The number of nitrogens with zero attached hydrogens (tertiary/aromatic N) is 1. The van der Waals surface area contributed by atoms with Crippen LogP contribution >= 0.6 is 11.6 Å². The SMILES string of the molecule is Nc1cccc(Cl)c1Cn1ccc(=O)c2ccccc21. The van der Waals surface area contributed by atoms with Crippen LogP contribution in [0.5, 0.6) is 0 Å². The molecule has 0 saturated carbocycles. The first kappa shape index (κ1) is 12.8. The van der Waals surface area contributed by atoms with Gasteiger partial charge in [-0.05, 0) is 24.3 Å². The van der Waals surface area contributed by atoms with Gasteiger partial charge < -0.3 is 10.3 Å². The average molecular weight is 285 g/mol. The summed E-state index contributed by atoms with van der Waals surface area (Å²) in [7, 11) is 0. The lowest BCUT2D eigenvalue weighted by molar-refractivity contribution is 0.828. The summed E-state index contributed by atoms with van der Waals surface area (Å²) in [5.41, 5.74) is 8.39. The summed E-state index contributed by atoms with van der Waals surface area (Å²) >= 11 is 6.21. The Morgan fingerprint density at radius 3 is 2.65 bits per heavy atom. The maximum atomic E-state index is 11.9. The zero-order valence-corrected chi connectivity index (χ0v) is 11.5. The van der Waals surface area contributed by atoms with Crippen molar-refractivity contribution in [2.75, 3.05) is 5.73 Å². The molecule has 3 rings (SSSR count). The molecule has 4 heteroatoms. The minimum atomic E-state index is 0.0176. The van der Waals surface area contributed by atoms with Crippen LogP contribution in [0.3, 0.4) is 0 Å². The number of nitrogen functional groups attached to an aromatic ring is 1. The molecule has 20 heavy (non-hydrogen) atoms. The molecule has 0 unspecified atom stereocenters. The summed E-state index contributed by atoms with van der Waals surface area (Å²) in [4.78, 5) is 11.9. The molecular weight excluding hydrogens is 272 g/mol. The maximum Gasteiger partial charge on any atom is 0.189 e. The number of nitrogens with two attached hydrogens (primary N) is 1. The molecule has 0 aliphatic carbocycles. The van der Waals surface area contributed by atoms with Crippen LogP contribution in [0.4, 0.5) is 5.69 Å². The predicted octanol–water partition coefficient (Wildman–Crippen LogP) is 3.29. The van der Waals surface area contributed by atoms with E-state index in [0.29, 0.717) is 22.6 Å². The number of rotatable bonds is 2. The second-order valence-electron chi connectivity index (χ2n) is 4.63. The van der Waals surface area contributed by atoms with E-state index in [2.05, 4.69) is 0 Å². The van der Waals surface area contributed by atoms with Crippen LogP contribution < -0.4 is 11.2 Å². The number of halogens is 1. The Morgan fingerprint density at radius 2 is 1.85 bits per heavy atom. The second kappa shape index (κ2) is 5.02. The number of hydrogen-bond acceptors (Lipinski definition) is 2. The van der Waals surface area contributed by atoms with Crippen LogP contribution in [-0.2, 0) is 6.54 Å². The third-order valence-electron chi connectivity index (χ3n) is 3.37. The van der Waals surface area contributed by atoms with Crippen LogP contribution in [0.2, 0.25) is 5.02 Å². The number of para-hydroxylation sites is 1. The quantitative estimate of drug-likeness (QED) is 0.734. The number of fused-ring (bicyclic) bond motifs is 1. The fourth-order valence-corrected chi connectivity index (χ4v) is 2.55. The van der Waals surface area contributed by atoms with Crippen LogP contribution in [0, 0.1) is 0 Å². The third-order valence-corrected chi connectivity index (χ3v) is 3.72. The Labute approximate surface area is 121 Å². The van der Waals surface area contributed by atoms with E-state index in [1.807, 2.05) is 47.0 Å². The van der Waals surface area contributed by atoms with Crippen molar-refractivity contribution in [3.8, 4) is 0 Å². The van der Waals surface area contributed by atoms with Crippen LogP contribution in [-0.4, -0.2) is 4.57 Å². The average Bonchev–Trinajstić information content (AvgIpc) is 2.46. The van der Waals surface area contributed by atoms with Crippen molar-refractivity contribution in [2.24, 2.45) is 0 Å². The summed E-state index contributed by atoms with van der Waals surface area (Å²) in [6, 6.07) is 14.5. The van der Waals surface area contributed by atoms with Gasteiger partial charge in [-0.2, -0.15) is 0 Å². The van der Waals surface area contributed by atoms with Gasteiger partial charge in [-0.25, -0.2) is 0 Å². The molecule has 1 heterocycles. The lowest BCUT2D eigenvalue weighted by atomic mass is 10.1. The molecule has 0 aliphatic rings. The van der Waals surface area contributed by atoms with Gasteiger partial charge in [-0.15, -0.1) is 0 Å². The minimum absolute atomic E-state index is 0.0176. The molecule has 0 radical (unpaired) electrons. The molecule has 0 amide bonds. The highest BCUT2D eigenvalue weighted by atomic mass is 35.5. The molecule has 100 valence electrons. The van der Waals surface area contributed by atoms with Gasteiger partial charge in [0.1, 0.15) is 0 Å². The third kappa shape index (κ3) is 2.17. The summed E-state index contributed by atoms with van der Waals surface area (Å²) in [5, 5.41) is 1.33. The van der Waals surface area contributed by atoms with Gasteiger partial charge in [0.25, 0.3) is 0 Å². The number of anilines is 1. The van der Waals surface area contributed by atoms with Gasteiger partial charge >= 0.3 is 0 Å². The zero-order valence-electron chi connectivity index (χ0n) is 10.7. The highest BCUT2D eigenvalue weighted by Crippen LogP contribution is 2.24. The van der Waals surface area contributed by atoms with E-state index in [0.717, 1.165) is 11.1 Å². The van der Waals surface area contributed by atoms with Crippen molar-refractivity contribution in [1.82, 2.24) is 4.57 Å². The minimum Gasteiger partial charge on any atom is -0.398 e. The van der Waals surface area contributed by atoms with E-state index in [1.165, 1.54) is 0 Å².